The zero-order valence-electron chi connectivity index (χ0n) is 18.5. The number of piperazine rings is 1. The number of anilines is 1. The highest BCUT2D eigenvalue weighted by molar-refractivity contribution is 7.89. The van der Waals surface area contributed by atoms with Crippen LogP contribution in [0.25, 0.3) is 11.0 Å². The number of hydrogen-bond donors (Lipinski definition) is 1. The number of halogens is 1. The summed E-state index contributed by atoms with van der Waals surface area (Å²) >= 11 is 0.934. The molecule has 1 amide bonds. The van der Waals surface area contributed by atoms with Crippen LogP contribution in [0.5, 0.6) is 0 Å². The lowest BCUT2D eigenvalue weighted by Gasteiger charge is -2.37. The quantitative estimate of drug-likeness (QED) is 0.427. The molecule has 1 aliphatic heterocycles. The van der Waals surface area contributed by atoms with Crippen LogP contribution in [0, 0.1) is 5.82 Å². The Morgan fingerprint density at radius 2 is 1.63 bits per heavy atom. The second-order valence-electron chi connectivity index (χ2n) is 8.14. The summed E-state index contributed by atoms with van der Waals surface area (Å²) in [4.78, 5) is 17.3. The summed E-state index contributed by atoms with van der Waals surface area (Å²) in [5.41, 5.74) is 2.18. The zero-order chi connectivity index (χ0) is 24.4. The van der Waals surface area contributed by atoms with E-state index in [1.54, 1.807) is 53.4 Å². The number of aromatic nitrogens is 2. The van der Waals surface area contributed by atoms with E-state index in [0.717, 1.165) is 17.4 Å². The molecule has 0 saturated carbocycles. The summed E-state index contributed by atoms with van der Waals surface area (Å²) < 4.78 is 50.9. The standard InChI is InChI=1S/C24H22FN5O3S2/c25-18-9-11-19(12-10-18)29-13-15-30(16-14-29)24(31)22(17-5-2-1-3-6-17)28-35(32,33)21-8-4-7-20-23(21)27-34-26-20/h1-12,22,28H,13-16H2/t22-/m1/s1. The van der Waals surface area contributed by atoms with Crippen LogP contribution in [-0.2, 0) is 14.8 Å². The molecule has 0 unspecified atom stereocenters. The van der Waals surface area contributed by atoms with Crippen molar-refractivity contribution in [1.82, 2.24) is 18.4 Å². The third-order valence-electron chi connectivity index (χ3n) is 5.97. The maximum absolute atomic E-state index is 13.6. The molecule has 180 valence electrons. The third-order valence-corrected chi connectivity index (χ3v) is 7.97. The molecular weight excluding hydrogens is 489 g/mol. The smallest absolute Gasteiger partial charge is 0.245 e. The van der Waals surface area contributed by atoms with Gasteiger partial charge >= 0.3 is 0 Å². The van der Waals surface area contributed by atoms with Crippen molar-refractivity contribution < 1.29 is 17.6 Å². The maximum atomic E-state index is 13.6. The Labute approximate surface area is 206 Å². The highest BCUT2D eigenvalue weighted by Crippen LogP contribution is 2.25. The van der Waals surface area contributed by atoms with Crippen molar-refractivity contribution in [3.8, 4) is 0 Å². The van der Waals surface area contributed by atoms with Crippen molar-refractivity contribution in [1.29, 1.82) is 0 Å². The van der Waals surface area contributed by atoms with Gasteiger partial charge in [0.15, 0.2) is 0 Å². The lowest BCUT2D eigenvalue weighted by Crippen LogP contribution is -2.52. The Balaban J connectivity index is 1.38. The monoisotopic (exact) mass is 511 g/mol. The molecule has 1 aliphatic rings. The van der Waals surface area contributed by atoms with Crippen molar-refractivity contribution in [3.63, 3.8) is 0 Å². The Morgan fingerprint density at radius 3 is 2.34 bits per heavy atom. The van der Waals surface area contributed by atoms with Crippen LogP contribution >= 0.6 is 11.7 Å². The molecule has 0 bridgehead atoms. The second-order valence-corrected chi connectivity index (χ2v) is 10.4. The van der Waals surface area contributed by atoms with Gasteiger partial charge in [0.2, 0.25) is 15.9 Å². The highest BCUT2D eigenvalue weighted by Gasteiger charge is 2.33. The van der Waals surface area contributed by atoms with Gasteiger partial charge in [0, 0.05) is 31.9 Å². The Bertz CT molecular complexity index is 1440. The van der Waals surface area contributed by atoms with E-state index in [0.29, 0.717) is 37.3 Å². The maximum Gasteiger partial charge on any atom is 0.245 e. The molecule has 2 heterocycles. The van der Waals surface area contributed by atoms with E-state index >= 15 is 0 Å². The van der Waals surface area contributed by atoms with Gasteiger partial charge in [-0.2, -0.15) is 13.5 Å². The molecule has 1 saturated heterocycles. The van der Waals surface area contributed by atoms with Crippen LogP contribution in [0.2, 0.25) is 0 Å². The van der Waals surface area contributed by atoms with Gasteiger partial charge < -0.3 is 9.80 Å². The molecule has 3 aromatic carbocycles. The fraction of sp³-hybridized carbons (Fsp3) is 0.208. The number of sulfonamides is 1. The minimum Gasteiger partial charge on any atom is -0.368 e. The van der Waals surface area contributed by atoms with E-state index in [-0.39, 0.29) is 22.1 Å². The Kier molecular flexibility index (Phi) is 6.46. The van der Waals surface area contributed by atoms with Crippen LogP contribution < -0.4 is 9.62 Å². The van der Waals surface area contributed by atoms with Crippen molar-refractivity contribution in [2.75, 3.05) is 31.1 Å². The molecule has 1 atom stereocenters. The van der Waals surface area contributed by atoms with E-state index in [9.17, 15) is 17.6 Å². The Hall–Kier alpha value is -3.41. The molecule has 1 aromatic heterocycles. The number of carbonyl (C=O) groups is 1. The summed E-state index contributed by atoms with van der Waals surface area (Å²) in [5, 5.41) is 0. The van der Waals surface area contributed by atoms with E-state index in [2.05, 4.69) is 18.4 Å². The van der Waals surface area contributed by atoms with Crippen LogP contribution in [-0.4, -0.2) is 54.2 Å². The first-order valence-electron chi connectivity index (χ1n) is 11.0. The SMILES string of the molecule is O=C([C@H](NS(=O)(=O)c1cccc2nsnc12)c1ccccc1)N1CCN(c2ccc(F)cc2)CC1. The molecule has 8 nitrogen and oxygen atoms in total. The summed E-state index contributed by atoms with van der Waals surface area (Å²) in [7, 11) is -4.08. The van der Waals surface area contributed by atoms with Crippen LogP contribution in [0.15, 0.2) is 77.7 Å². The lowest BCUT2D eigenvalue weighted by molar-refractivity contribution is -0.133. The average molecular weight is 512 g/mol. The van der Waals surface area contributed by atoms with Crippen molar-refractivity contribution >= 4 is 44.4 Å². The first-order chi connectivity index (χ1) is 16.9. The number of benzene rings is 3. The first-order valence-corrected chi connectivity index (χ1v) is 13.2. The van der Waals surface area contributed by atoms with Gasteiger partial charge in [-0.3, -0.25) is 4.79 Å². The fourth-order valence-electron chi connectivity index (χ4n) is 4.14. The summed E-state index contributed by atoms with van der Waals surface area (Å²) in [6.07, 6.45) is 0. The van der Waals surface area contributed by atoms with Gasteiger partial charge in [-0.25, -0.2) is 12.8 Å². The van der Waals surface area contributed by atoms with E-state index in [4.69, 9.17) is 0 Å². The molecular formula is C24H22FN5O3S2. The number of fused-ring (bicyclic) bond motifs is 1. The van der Waals surface area contributed by atoms with Crippen molar-refractivity contribution in [2.45, 2.75) is 10.9 Å². The van der Waals surface area contributed by atoms with Gasteiger partial charge in [0.05, 0.1) is 11.7 Å². The minimum atomic E-state index is -4.08. The number of hydrogen-bond acceptors (Lipinski definition) is 7. The van der Waals surface area contributed by atoms with Crippen LogP contribution in [0.1, 0.15) is 11.6 Å². The van der Waals surface area contributed by atoms with E-state index in [1.807, 2.05) is 6.07 Å². The molecule has 1 N–H and O–H groups in total. The first kappa shape index (κ1) is 23.3. The van der Waals surface area contributed by atoms with Gasteiger partial charge in [0.1, 0.15) is 27.8 Å². The predicted octanol–water partition coefficient (Wildman–Crippen LogP) is 3.20. The summed E-state index contributed by atoms with van der Waals surface area (Å²) in [6, 6.07) is 18.7. The topological polar surface area (TPSA) is 95.5 Å². The van der Waals surface area contributed by atoms with Gasteiger partial charge in [-0.15, -0.1) is 0 Å². The number of nitrogens with zero attached hydrogens (tertiary/aromatic N) is 4. The lowest BCUT2D eigenvalue weighted by atomic mass is 10.1. The largest absolute Gasteiger partial charge is 0.368 e. The fourth-order valence-corrected chi connectivity index (χ4v) is 6.09. The number of amides is 1. The number of carbonyl (C=O) groups excluding carboxylic acids is 1. The molecule has 0 spiro atoms. The Morgan fingerprint density at radius 1 is 0.914 bits per heavy atom. The van der Waals surface area contributed by atoms with Crippen molar-refractivity contribution in [3.05, 3.63) is 84.2 Å². The second kappa shape index (κ2) is 9.68. The molecule has 1 fully saturated rings. The van der Waals surface area contributed by atoms with E-state index < -0.39 is 16.1 Å². The van der Waals surface area contributed by atoms with Gasteiger partial charge in [-0.1, -0.05) is 36.4 Å². The normalized spacial score (nSPS) is 15.3. The summed E-state index contributed by atoms with van der Waals surface area (Å²) in [5.74, 6) is -0.633. The van der Waals surface area contributed by atoms with Crippen LogP contribution in [0.4, 0.5) is 10.1 Å². The van der Waals surface area contributed by atoms with Gasteiger partial charge in [0.25, 0.3) is 0 Å². The van der Waals surface area contributed by atoms with E-state index in [1.165, 1.54) is 18.2 Å². The number of rotatable bonds is 6. The minimum absolute atomic E-state index is 0.0152. The predicted molar refractivity (Wildman–Crippen MR) is 132 cm³/mol. The van der Waals surface area contributed by atoms with Crippen molar-refractivity contribution in [2.24, 2.45) is 0 Å². The molecule has 0 aliphatic carbocycles. The summed E-state index contributed by atoms with van der Waals surface area (Å²) in [6.45, 7) is 1.92. The average Bonchev–Trinajstić information content (AvgIpc) is 3.37. The van der Waals surface area contributed by atoms with Gasteiger partial charge in [-0.05, 0) is 42.0 Å². The third kappa shape index (κ3) is 4.88. The van der Waals surface area contributed by atoms with Crippen LogP contribution in [0.3, 0.4) is 0 Å². The number of nitrogens with one attached hydrogen (secondary N) is 1. The molecule has 35 heavy (non-hydrogen) atoms. The molecule has 5 rings (SSSR count). The molecule has 0 radical (unpaired) electrons. The molecule has 4 aromatic rings. The molecule has 11 heteroatoms. The highest BCUT2D eigenvalue weighted by atomic mass is 32.2. The zero-order valence-corrected chi connectivity index (χ0v) is 20.2.